The maximum absolute atomic E-state index is 13.1. The van der Waals surface area contributed by atoms with Gasteiger partial charge in [-0.1, -0.05) is 25.7 Å². The summed E-state index contributed by atoms with van der Waals surface area (Å²) in [6.45, 7) is 3.59. The minimum Gasteiger partial charge on any atom is -0.298 e. The molecule has 1 aliphatic carbocycles. The Morgan fingerprint density at radius 3 is 1.50 bits per heavy atom. The Hall–Kier alpha value is -1.00. The van der Waals surface area contributed by atoms with Crippen molar-refractivity contribution < 1.29 is 16.8 Å². The number of piperidine rings is 1. The summed E-state index contributed by atoms with van der Waals surface area (Å²) in [5, 5.41) is 0. The number of sulfonamides is 2. The van der Waals surface area contributed by atoms with E-state index in [-0.39, 0.29) is 9.79 Å². The summed E-state index contributed by atoms with van der Waals surface area (Å²) in [6, 6.07) is 6.37. The van der Waals surface area contributed by atoms with Gasteiger partial charge in [-0.3, -0.25) is 4.90 Å². The van der Waals surface area contributed by atoms with Crippen molar-refractivity contribution in [2.45, 2.75) is 67.2 Å². The van der Waals surface area contributed by atoms with Crippen LogP contribution in [0.4, 0.5) is 0 Å². The average molecular weight is 456 g/mol. The molecule has 0 amide bonds. The molecule has 4 rings (SSSR count). The molecule has 0 aromatic heterocycles. The quantitative estimate of drug-likeness (QED) is 0.682. The van der Waals surface area contributed by atoms with Gasteiger partial charge in [0.25, 0.3) is 0 Å². The minimum atomic E-state index is -3.61. The molecular weight excluding hydrogens is 422 g/mol. The molecule has 9 heteroatoms. The highest BCUT2D eigenvalue weighted by Crippen LogP contribution is 2.26. The van der Waals surface area contributed by atoms with E-state index in [4.69, 9.17) is 0 Å². The SMILES string of the molecule is O=S(=O)(c1ccc(S(=O)(=O)N2CCN(C3CCCCC3)CC2)cc1)N1CCCCC1. The van der Waals surface area contributed by atoms with Crippen LogP contribution in [0.3, 0.4) is 0 Å². The number of nitrogens with zero attached hydrogens (tertiary/aromatic N) is 3. The molecular formula is C21H33N3O4S2. The molecule has 1 aromatic carbocycles. The van der Waals surface area contributed by atoms with Crippen LogP contribution in [-0.2, 0) is 20.0 Å². The van der Waals surface area contributed by atoms with E-state index in [1.165, 1.54) is 60.7 Å². The summed E-state index contributed by atoms with van der Waals surface area (Å²) in [7, 11) is -7.16. The van der Waals surface area contributed by atoms with E-state index in [2.05, 4.69) is 4.90 Å². The fraction of sp³-hybridized carbons (Fsp3) is 0.714. The number of hydrogen-bond acceptors (Lipinski definition) is 5. The fourth-order valence-corrected chi connectivity index (χ4v) is 7.88. The van der Waals surface area contributed by atoms with Crippen LogP contribution in [0.5, 0.6) is 0 Å². The van der Waals surface area contributed by atoms with E-state index in [1.54, 1.807) is 4.31 Å². The molecule has 0 N–H and O–H groups in total. The second-order valence-corrected chi connectivity index (χ2v) is 12.5. The van der Waals surface area contributed by atoms with Crippen LogP contribution in [0.25, 0.3) is 0 Å². The lowest BCUT2D eigenvalue weighted by Gasteiger charge is -2.40. The highest BCUT2D eigenvalue weighted by Gasteiger charge is 2.32. The lowest BCUT2D eigenvalue weighted by atomic mass is 9.94. The number of piperazine rings is 1. The normalized spacial score (nSPS) is 24.1. The predicted octanol–water partition coefficient (Wildman–Crippen LogP) is 2.50. The molecule has 2 aliphatic heterocycles. The molecule has 30 heavy (non-hydrogen) atoms. The first-order valence-electron chi connectivity index (χ1n) is 11.2. The van der Waals surface area contributed by atoms with Gasteiger partial charge in [-0.15, -0.1) is 0 Å². The van der Waals surface area contributed by atoms with Gasteiger partial charge in [0.2, 0.25) is 20.0 Å². The maximum atomic E-state index is 13.1. The highest BCUT2D eigenvalue weighted by atomic mass is 32.2. The number of rotatable bonds is 5. The van der Waals surface area contributed by atoms with Crippen molar-refractivity contribution in [3.8, 4) is 0 Å². The molecule has 2 heterocycles. The van der Waals surface area contributed by atoms with Gasteiger partial charge in [-0.2, -0.15) is 8.61 Å². The van der Waals surface area contributed by atoms with Gasteiger partial charge < -0.3 is 0 Å². The zero-order valence-corrected chi connectivity index (χ0v) is 19.2. The van der Waals surface area contributed by atoms with Crippen LogP contribution >= 0.6 is 0 Å². The largest absolute Gasteiger partial charge is 0.298 e. The van der Waals surface area contributed by atoms with Gasteiger partial charge in [-0.25, -0.2) is 16.8 Å². The third-order valence-electron chi connectivity index (χ3n) is 6.78. The zero-order valence-electron chi connectivity index (χ0n) is 17.6. The first-order chi connectivity index (χ1) is 14.4. The summed E-state index contributed by atoms with van der Waals surface area (Å²) < 4.78 is 54.8. The molecule has 7 nitrogen and oxygen atoms in total. The molecule has 0 atom stereocenters. The van der Waals surface area contributed by atoms with E-state index >= 15 is 0 Å². The van der Waals surface area contributed by atoms with Crippen molar-refractivity contribution in [1.29, 1.82) is 0 Å². The summed E-state index contributed by atoms with van der Waals surface area (Å²) in [5.74, 6) is 0. The summed E-state index contributed by atoms with van der Waals surface area (Å²) >= 11 is 0. The third-order valence-corrected chi connectivity index (χ3v) is 10.6. The van der Waals surface area contributed by atoms with Crippen molar-refractivity contribution in [2.75, 3.05) is 39.3 Å². The van der Waals surface area contributed by atoms with E-state index < -0.39 is 20.0 Å². The fourth-order valence-electron chi connectivity index (χ4n) is 4.94. The van der Waals surface area contributed by atoms with E-state index in [0.29, 0.717) is 32.2 Å². The second-order valence-electron chi connectivity index (χ2n) is 8.67. The molecule has 0 spiro atoms. The van der Waals surface area contributed by atoms with Crippen molar-refractivity contribution in [1.82, 2.24) is 13.5 Å². The van der Waals surface area contributed by atoms with E-state index in [0.717, 1.165) is 32.4 Å². The van der Waals surface area contributed by atoms with Crippen molar-refractivity contribution >= 4 is 20.0 Å². The second kappa shape index (κ2) is 9.24. The molecule has 0 unspecified atom stereocenters. The molecule has 1 aromatic rings. The van der Waals surface area contributed by atoms with Crippen LogP contribution in [-0.4, -0.2) is 75.7 Å². The first-order valence-corrected chi connectivity index (χ1v) is 14.1. The van der Waals surface area contributed by atoms with Crippen LogP contribution < -0.4 is 0 Å². The average Bonchev–Trinajstić information content (AvgIpc) is 2.80. The standard InChI is InChI=1S/C21H33N3O4S2/c25-29(26,23-13-5-2-6-14-23)20-9-11-21(12-10-20)30(27,28)24-17-15-22(16-18-24)19-7-3-1-4-8-19/h9-12,19H,1-8,13-18H2. The Labute approximate surface area is 181 Å². The summed E-state index contributed by atoms with van der Waals surface area (Å²) in [5.41, 5.74) is 0. The smallest absolute Gasteiger partial charge is 0.243 e. The monoisotopic (exact) mass is 455 g/mol. The molecule has 0 bridgehead atoms. The summed E-state index contributed by atoms with van der Waals surface area (Å²) in [4.78, 5) is 2.79. The van der Waals surface area contributed by atoms with Crippen LogP contribution in [0.2, 0.25) is 0 Å². The number of benzene rings is 1. The Bertz CT molecular complexity index is 912. The molecule has 3 fully saturated rings. The van der Waals surface area contributed by atoms with Crippen molar-refractivity contribution in [3.63, 3.8) is 0 Å². The van der Waals surface area contributed by atoms with Crippen molar-refractivity contribution in [3.05, 3.63) is 24.3 Å². The van der Waals surface area contributed by atoms with E-state index in [1.807, 2.05) is 0 Å². The third kappa shape index (κ3) is 4.60. The van der Waals surface area contributed by atoms with Gasteiger partial charge in [-0.05, 0) is 49.9 Å². The minimum absolute atomic E-state index is 0.172. The molecule has 1 saturated carbocycles. The lowest BCUT2D eigenvalue weighted by Crippen LogP contribution is -2.52. The molecule has 168 valence electrons. The number of hydrogen-bond donors (Lipinski definition) is 0. The molecule has 2 saturated heterocycles. The Kier molecular flexibility index (Phi) is 6.84. The maximum Gasteiger partial charge on any atom is 0.243 e. The summed E-state index contributed by atoms with van der Waals surface area (Å²) in [6.07, 6.45) is 9.10. The Morgan fingerprint density at radius 2 is 1.00 bits per heavy atom. The zero-order chi connectivity index (χ0) is 21.2. The van der Waals surface area contributed by atoms with Gasteiger partial charge in [0.1, 0.15) is 0 Å². The van der Waals surface area contributed by atoms with Gasteiger partial charge in [0.05, 0.1) is 9.79 Å². The Balaban J connectivity index is 1.42. The van der Waals surface area contributed by atoms with Gasteiger partial charge in [0, 0.05) is 45.3 Å². The van der Waals surface area contributed by atoms with Gasteiger partial charge >= 0.3 is 0 Å². The van der Waals surface area contributed by atoms with Crippen molar-refractivity contribution in [2.24, 2.45) is 0 Å². The van der Waals surface area contributed by atoms with E-state index in [9.17, 15) is 16.8 Å². The Morgan fingerprint density at radius 1 is 0.567 bits per heavy atom. The molecule has 3 aliphatic rings. The van der Waals surface area contributed by atoms with Crippen LogP contribution in [0.1, 0.15) is 51.4 Å². The predicted molar refractivity (Wildman–Crippen MR) is 116 cm³/mol. The first kappa shape index (κ1) is 22.2. The van der Waals surface area contributed by atoms with Crippen LogP contribution in [0, 0.1) is 0 Å². The highest BCUT2D eigenvalue weighted by molar-refractivity contribution is 7.89. The van der Waals surface area contributed by atoms with Gasteiger partial charge in [0.15, 0.2) is 0 Å². The van der Waals surface area contributed by atoms with Crippen LogP contribution in [0.15, 0.2) is 34.1 Å². The topological polar surface area (TPSA) is 78.0 Å². The molecule has 0 radical (unpaired) electrons. The lowest BCUT2D eigenvalue weighted by molar-refractivity contribution is 0.111.